The van der Waals surface area contributed by atoms with Crippen LogP contribution in [-0.2, 0) is 0 Å². The largest absolute Gasteiger partial charge is 0.497 e. The Morgan fingerprint density at radius 1 is 1.16 bits per heavy atom. The zero-order chi connectivity index (χ0) is 17.8. The quantitative estimate of drug-likeness (QED) is 0.477. The van der Waals surface area contributed by atoms with E-state index >= 15 is 0 Å². The average molecular weight is 357 g/mol. The molecule has 3 nitrogen and oxygen atoms in total. The second-order valence-electron chi connectivity index (χ2n) is 5.13. The molecule has 2 aromatic carbocycles. The van der Waals surface area contributed by atoms with Crippen molar-refractivity contribution in [3.63, 3.8) is 0 Å². The molecule has 0 saturated heterocycles. The first-order chi connectivity index (χ1) is 12.1. The van der Waals surface area contributed by atoms with Crippen molar-refractivity contribution < 1.29 is 18.3 Å². The predicted molar refractivity (Wildman–Crippen MR) is 93.8 cm³/mol. The number of hydrogen-bond donors (Lipinski definition) is 0. The number of carbonyl (C=O) groups excluding carboxylic acids is 1. The van der Waals surface area contributed by atoms with E-state index in [1.54, 1.807) is 17.5 Å². The van der Waals surface area contributed by atoms with Crippen LogP contribution in [0, 0.1) is 11.6 Å². The van der Waals surface area contributed by atoms with Crippen LogP contribution in [0.4, 0.5) is 8.78 Å². The lowest BCUT2D eigenvalue weighted by Crippen LogP contribution is -1.99. The van der Waals surface area contributed by atoms with Crippen LogP contribution >= 0.6 is 11.3 Å². The van der Waals surface area contributed by atoms with E-state index in [9.17, 15) is 13.6 Å². The number of allylic oxidation sites excluding steroid dienone is 1. The van der Waals surface area contributed by atoms with Gasteiger partial charge in [0, 0.05) is 17.0 Å². The van der Waals surface area contributed by atoms with Gasteiger partial charge in [-0.2, -0.15) is 0 Å². The summed E-state index contributed by atoms with van der Waals surface area (Å²) < 4.78 is 31.8. The van der Waals surface area contributed by atoms with Gasteiger partial charge >= 0.3 is 0 Å². The summed E-state index contributed by atoms with van der Waals surface area (Å²) in [5.41, 5.74) is 1.33. The fourth-order valence-electron chi connectivity index (χ4n) is 2.16. The highest BCUT2D eigenvalue weighted by atomic mass is 32.1. The second-order valence-corrected chi connectivity index (χ2v) is 5.99. The lowest BCUT2D eigenvalue weighted by atomic mass is 10.1. The molecule has 0 fully saturated rings. The third-order valence-corrected chi connectivity index (χ3v) is 4.37. The van der Waals surface area contributed by atoms with Crippen LogP contribution < -0.4 is 4.74 Å². The van der Waals surface area contributed by atoms with E-state index in [1.165, 1.54) is 54.9 Å². The summed E-state index contributed by atoms with van der Waals surface area (Å²) in [6, 6.07) is 10.1. The van der Waals surface area contributed by atoms with E-state index in [4.69, 9.17) is 4.74 Å². The number of ketones is 1. The molecule has 6 heteroatoms. The number of rotatable bonds is 5. The molecule has 0 unspecified atom stereocenters. The molecule has 0 spiro atoms. The topological polar surface area (TPSA) is 39.2 Å². The molecule has 1 aromatic heterocycles. The molecule has 0 N–H and O–H groups in total. The van der Waals surface area contributed by atoms with E-state index in [2.05, 4.69) is 4.98 Å². The number of ether oxygens (including phenoxy) is 1. The molecule has 0 aliphatic rings. The zero-order valence-electron chi connectivity index (χ0n) is 13.2. The van der Waals surface area contributed by atoms with Gasteiger partial charge in [-0.05, 0) is 48.6 Å². The van der Waals surface area contributed by atoms with Gasteiger partial charge in [0.1, 0.15) is 22.4 Å². The predicted octanol–water partition coefficient (Wildman–Crippen LogP) is 4.99. The third kappa shape index (κ3) is 3.97. The molecule has 3 rings (SSSR count). The zero-order valence-corrected chi connectivity index (χ0v) is 14.0. The normalized spacial score (nSPS) is 11.0. The molecule has 0 amide bonds. The van der Waals surface area contributed by atoms with Crippen LogP contribution in [-0.4, -0.2) is 17.9 Å². The number of benzene rings is 2. The van der Waals surface area contributed by atoms with Crippen molar-refractivity contribution in [3.8, 4) is 16.3 Å². The minimum atomic E-state index is -0.640. The highest BCUT2D eigenvalue weighted by Gasteiger charge is 2.10. The number of nitrogens with zero attached hydrogens (tertiary/aromatic N) is 1. The molecule has 0 atom stereocenters. The standard InChI is InChI=1S/C19H13F2NO2S/c1-24-15-7-8-16(17(21)10-15)18(23)9-6-14-11-25-19(22-14)12-2-4-13(20)5-3-12/h2-11H,1H3/b9-6+. The molecule has 25 heavy (non-hydrogen) atoms. The van der Waals surface area contributed by atoms with Crippen LogP contribution in [0.2, 0.25) is 0 Å². The fourth-order valence-corrected chi connectivity index (χ4v) is 2.96. The van der Waals surface area contributed by atoms with E-state index in [-0.39, 0.29) is 11.4 Å². The molecule has 3 aromatic rings. The highest BCUT2D eigenvalue weighted by Crippen LogP contribution is 2.24. The van der Waals surface area contributed by atoms with Crippen LogP contribution in [0.5, 0.6) is 5.75 Å². The van der Waals surface area contributed by atoms with Crippen molar-refractivity contribution >= 4 is 23.2 Å². The van der Waals surface area contributed by atoms with Crippen molar-refractivity contribution in [2.24, 2.45) is 0 Å². The van der Waals surface area contributed by atoms with Crippen molar-refractivity contribution in [1.29, 1.82) is 0 Å². The number of methoxy groups -OCH3 is 1. The first kappa shape index (κ1) is 17.0. The Balaban J connectivity index is 1.76. The summed E-state index contributed by atoms with van der Waals surface area (Å²) in [6.07, 6.45) is 2.80. The monoisotopic (exact) mass is 357 g/mol. The Kier molecular flexibility index (Phi) is 5.00. The SMILES string of the molecule is COc1ccc(C(=O)/C=C/c2csc(-c3ccc(F)cc3)n2)c(F)c1. The van der Waals surface area contributed by atoms with E-state index < -0.39 is 11.6 Å². The van der Waals surface area contributed by atoms with E-state index in [0.717, 1.165) is 11.6 Å². The van der Waals surface area contributed by atoms with Crippen LogP contribution in [0.3, 0.4) is 0 Å². The summed E-state index contributed by atoms with van der Waals surface area (Å²) in [4.78, 5) is 16.5. The van der Waals surface area contributed by atoms with Gasteiger partial charge in [0.15, 0.2) is 5.78 Å². The maximum Gasteiger partial charge on any atom is 0.188 e. The van der Waals surface area contributed by atoms with Crippen molar-refractivity contribution in [1.82, 2.24) is 4.98 Å². The maximum absolute atomic E-state index is 13.9. The Morgan fingerprint density at radius 3 is 2.60 bits per heavy atom. The van der Waals surface area contributed by atoms with Crippen molar-refractivity contribution in [2.45, 2.75) is 0 Å². The molecule has 126 valence electrons. The summed E-state index contributed by atoms with van der Waals surface area (Å²) >= 11 is 1.38. The summed E-state index contributed by atoms with van der Waals surface area (Å²) in [5.74, 6) is -1.07. The molecule has 0 aliphatic heterocycles. The van der Waals surface area contributed by atoms with Gasteiger partial charge in [-0.3, -0.25) is 4.79 Å². The van der Waals surface area contributed by atoms with Crippen molar-refractivity contribution in [2.75, 3.05) is 7.11 Å². The Hall–Kier alpha value is -2.86. The summed E-state index contributed by atoms with van der Waals surface area (Å²) in [5, 5.41) is 2.48. The molecule has 0 saturated carbocycles. The minimum Gasteiger partial charge on any atom is -0.497 e. The Bertz CT molecular complexity index is 933. The molecular formula is C19H13F2NO2S. The van der Waals surface area contributed by atoms with Gasteiger partial charge in [0.2, 0.25) is 0 Å². The number of thiazole rings is 1. The molecule has 0 bridgehead atoms. The minimum absolute atomic E-state index is 0.0361. The van der Waals surface area contributed by atoms with Crippen LogP contribution in [0.15, 0.2) is 53.9 Å². The van der Waals surface area contributed by atoms with Gasteiger partial charge in [0.25, 0.3) is 0 Å². The fraction of sp³-hybridized carbons (Fsp3) is 0.0526. The maximum atomic E-state index is 13.9. The van der Waals surface area contributed by atoms with Gasteiger partial charge in [-0.1, -0.05) is 0 Å². The van der Waals surface area contributed by atoms with Gasteiger partial charge in [0.05, 0.1) is 18.4 Å². The first-order valence-corrected chi connectivity index (χ1v) is 8.22. The van der Waals surface area contributed by atoms with Gasteiger partial charge in [-0.15, -0.1) is 11.3 Å². The lowest BCUT2D eigenvalue weighted by Gasteiger charge is -2.02. The van der Waals surface area contributed by atoms with Crippen molar-refractivity contribution in [3.05, 3.63) is 76.8 Å². The summed E-state index contributed by atoms with van der Waals surface area (Å²) in [7, 11) is 1.43. The molecular weight excluding hydrogens is 344 g/mol. The Labute approximate surface area is 147 Å². The van der Waals surface area contributed by atoms with Crippen LogP contribution in [0.25, 0.3) is 16.6 Å². The summed E-state index contributed by atoms with van der Waals surface area (Å²) in [6.45, 7) is 0. The van der Waals surface area contributed by atoms with E-state index in [0.29, 0.717) is 16.5 Å². The highest BCUT2D eigenvalue weighted by molar-refractivity contribution is 7.13. The first-order valence-electron chi connectivity index (χ1n) is 7.34. The third-order valence-electron chi connectivity index (χ3n) is 3.46. The number of carbonyl (C=O) groups is 1. The Morgan fingerprint density at radius 2 is 1.92 bits per heavy atom. The van der Waals surface area contributed by atoms with Gasteiger partial charge in [-0.25, -0.2) is 13.8 Å². The second kappa shape index (κ2) is 7.36. The average Bonchev–Trinajstić information content (AvgIpc) is 3.09. The van der Waals surface area contributed by atoms with Gasteiger partial charge < -0.3 is 4.74 Å². The van der Waals surface area contributed by atoms with E-state index in [1.807, 2.05) is 0 Å². The molecule has 0 radical (unpaired) electrons. The number of hydrogen-bond acceptors (Lipinski definition) is 4. The number of aromatic nitrogens is 1. The lowest BCUT2D eigenvalue weighted by molar-refractivity contribution is 0.104. The van der Waals surface area contributed by atoms with Crippen LogP contribution in [0.1, 0.15) is 16.1 Å². The molecule has 1 heterocycles. The smallest absolute Gasteiger partial charge is 0.188 e. The molecule has 0 aliphatic carbocycles. The number of halogens is 2.